The fourth-order valence-corrected chi connectivity index (χ4v) is 2.32. The van der Waals surface area contributed by atoms with Crippen molar-refractivity contribution in [2.24, 2.45) is 5.73 Å². The minimum absolute atomic E-state index is 0.235. The van der Waals surface area contributed by atoms with E-state index in [1.807, 2.05) is 51.1 Å². The molecule has 0 aliphatic carbocycles. The molecule has 0 aromatic heterocycles. The van der Waals surface area contributed by atoms with E-state index in [1.165, 1.54) is 0 Å². The summed E-state index contributed by atoms with van der Waals surface area (Å²) in [6.45, 7) is 6.82. The maximum Gasteiger partial charge on any atom is 0.410 e. The van der Waals surface area contributed by atoms with Gasteiger partial charge in [-0.05, 0) is 32.3 Å². The van der Waals surface area contributed by atoms with Crippen LogP contribution in [0.3, 0.4) is 0 Å². The van der Waals surface area contributed by atoms with Gasteiger partial charge in [0.25, 0.3) is 0 Å². The van der Waals surface area contributed by atoms with Crippen molar-refractivity contribution in [3.8, 4) is 0 Å². The van der Waals surface area contributed by atoms with Crippen molar-refractivity contribution in [3.05, 3.63) is 35.9 Å². The van der Waals surface area contributed by atoms with Crippen LogP contribution < -0.4 is 5.73 Å². The lowest BCUT2D eigenvalue weighted by Crippen LogP contribution is -2.48. The van der Waals surface area contributed by atoms with Crippen LogP contribution in [-0.2, 0) is 11.3 Å². The Hall–Kier alpha value is -1.59. The van der Waals surface area contributed by atoms with Gasteiger partial charge >= 0.3 is 6.09 Å². The lowest BCUT2D eigenvalue weighted by Gasteiger charge is -2.30. The van der Waals surface area contributed by atoms with Gasteiger partial charge in [-0.3, -0.25) is 0 Å². The number of aliphatic hydroxyl groups is 1. The highest BCUT2D eigenvalue weighted by Gasteiger charge is 2.23. The van der Waals surface area contributed by atoms with Crippen molar-refractivity contribution >= 4 is 6.09 Å². The van der Waals surface area contributed by atoms with Crippen LogP contribution in [0.25, 0.3) is 0 Å². The van der Waals surface area contributed by atoms with E-state index >= 15 is 0 Å². The van der Waals surface area contributed by atoms with E-state index in [2.05, 4.69) is 0 Å². The molecule has 0 spiro atoms. The molecule has 5 nitrogen and oxygen atoms in total. The minimum Gasteiger partial charge on any atom is -0.445 e. The van der Waals surface area contributed by atoms with Gasteiger partial charge in [0.05, 0.1) is 6.10 Å². The first-order valence-corrected chi connectivity index (χ1v) is 8.24. The molecule has 0 heterocycles. The molecular weight excluding hydrogens is 292 g/mol. The quantitative estimate of drug-likeness (QED) is 0.733. The first-order valence-electron chi connectivity index (χ1n) is 8.24. The molecule has 0 aliphatic rings. The Labute approximate surface area is 139 Å². The third-order valence-corrected chi connectivity index (χ3v) is 3.42. The Bertz CT molecular complexity index is 457. The molecule has 1 aromatic rings. The van der Waals surface area contributed by atoms with Crippen LogP contribution in [0.4, 0.5) is 4.79 Å². The number of carbonyl (C=O) groups is 1. The van der Waals surface area contributed by atoms with Crippen molar-refractivity contribution in [2.45, 2.75) is 58.3 Å². The van der Waals surface area contributed by atoms with Crippen LogP contribution >= 0.6 is 0 Å². The molecule has 130 valence electrons. The third-order valence-electron chi connectivity index (χ3n) is 3.42. The van der Waals surface area contributed by atoms with Gasteiger partial charge in [-0.1, -0.05) is 43.7 Å². The Morgan fingerprint density at radius 3 is 2.52 bits per heavy atom. The zero-order chi connectivity index (χ0) is 17.3. The van der Waals surface area contributed by atoms with Crippen LogP contribution in [0.1, 0.15) is 45.6 Å². The first-order chi connectivity index (χ1) is 10.8. The third kappa shape index (κ3) is 8.57. The second-order valence-corrected chi connectivity index (χ2v) is 6.68. The molecule has 1 amide bonds. The molecule has 0 aliphatic heterocycles. The molecule has 0 bridgehead atoms. The normalized spacial score (nSPS) is 12.7. The Balaban J connectivity index is 2.57. The summed E-state index contributed by atoms with van der Waals surface area (Å²) in [6, 6.07) is 9.56. The molecule has 0 radical (unpaired) electrons. The van der Waals surface area contributed by atoms with Crippen molar-refractivity contribution in [2.75, 3.05) is 13.1 Å². The molecule has 23 heavy (non-hydrogen) atoms. The molecule has 1 atom stereocenters. The van der Waals surface area contributed by atoms with Gasteiger partial charge in [-0.2, -0.15) is 0 Å². The number of nitrogens with two attached hydrogens (primary N) is 1. The van der Waals surface area contributed by atoms with E-state index in [9.17, 15) is 9.90 Å². The zero-order valence-corrected chi connectivity index (χ0v) is 14.5. The Morgan fingerprint density at radius 1 is 1.30 bits per heavy atom. The average molecular weight is 322 g/mol. The van der Waals surface area contributed by atoms with Crippen LogP contribution in [0.15, 0.2) is 30.3 Å². The van der Waals surface area contributed by atoms with Crippen LogP contribution in [0.2, 0.25) is 0 Å². The highest BCUT2D eigenvalue weighted by atomic mass is 16.6. The van der Waals surface area contributed by atoms with Crippen LogP contribution in [0.5, 0.6) is 0 Å². The molecule has 0 saturated carbocycles. The largest absolute Gasteiger partial charge is 0.445 e. The van der Waals surface area contributed by atoms with Crippen molar-refractivity contribution < 1.29 is 14.6 Å². The predicted molar refractivity (Wildman–Crippen MR) is 92.0 cm³/mol. The molecule has 0 fully saturated rings. The number of hydrogen-bond acceptors (Lipinski definition) is 4. The highest BCUT2D eigenvalue weighted by molar-refractivity contribution is 5.67. The second kappa shape index (κ2) is 9.53. The topological polar surface area (TPSA) is 75.8 Å². The van der Waals surface area contributed by atoms with Crippen LogP contribution in [-0.4, -0.2) is 40.8 Å². The minimum atomic E-state index is -0.512. The lowest BCUT2D eigenvalue weighted by atomic mass is 10.1. The van der Waals surface area contributed by atoms with Gasteiger partial charge in [0.2, 0.25) is 0 Å². The molecular formula is C18H30N2O3. The summed E-state index contributed by atoms with van der Waals surface area (Å²) in [6.07, 6.45) is 1.40. The van der Waals surface area contributed by atoms with E-state index in [-0.39, 0.29) is 6.61 Å². The summed E-state index contributed by atoms with van der Waals surface area (Å²) in [5.74, 6) is 0. The van der Waals surface area contributed by atoms with E-state index in [0.29, 0.717) is 19.5 Å². The second-order valence-electron chi connectivity index (χ2n) is 6.68. The van der Waals surface area contributed by atoms with Gasteiger partial charge in [0.15, 0.2) is 0 Å². The summed E-state index contributed by atoms with van der Waals surface area (Å²) in [7, 11) is 0. The maximum atomic E-state index is 12.3. The average Bonchev–Trinajstić information content (AvgIpc) is 2.49. The van der Waals surface area contributed by atoms with E-state index < -0.39 is 17.7 Å². The van der Waals surface area contributed by atoms with Crippen molar-refractivity contribution in [1.29, 1.82) is 0 Å². The van der Waals surface area contributed by atoms with Crippen molar-refractivity contribution in [3.63, 3.8) is 0 Å². The lowest BCUT2D eigenvalue weighted by molar-refractivity contribution is 0.0782. The summed E-state index contributed by atoms with van der Waals surface area (Å²) < 4.78 is 5.38. The van der Waals surface area contributed by atoms with E-state index in [4.69, 9.17) is 10.5 Å². The molecule has 0 saturated heterocycles. The van der Waals surface area contributed by atoms with Crippen LogP contribution in [0, 0.1) is 0 Å². The Kier molecular flexibility index (Phi) is 8.06. The number of ether oxygens (including phenoxy) is 1. The monoisotopic (exact) mass is 322 g/mol. The van der Waals surface area contributed by atoms with E-state index in [1.54, 1.807) is 4.90 Å². The fourth-order valence-electron chi connectivity index (χ4n) is 2.32. The molecule has 5 heteroatoms. The maximum absolute atomic E-state index is 12.3. The smallest absolute Gasteiger partial charge is 0.410 e. The molecule has 3 N–H and O–H groups in total. The number of hydrogen-bond donors (Lipinski definition) is 2. The predicted octanol–water partition coefficient (Wildman–Crippen LogP) is 2.91. The Morgan fingerprint density at radius 2 is 1.96 bits per heavy atom. The number of benzene rings is 1. The van der Waals surface area contributed by atoms with Gasteiger partial charge < -0.3 is 20.5 Å². The fraction of sp³-hybridized carbons (Fsp3) is 0.611. The van der Waals surface area contributed by atoms with Gasteiger partial charge in [0, 0.05) is 18.6 Å². The van der Waals surface area contributed by atoms with Gasteiger partial charge in [-0.25, -0.2) is 4.79 Å². The van der Waals surface area contributed by atoms with E-state index in [0.717, 1.165) is 18.4 Å². The highest BCUT2D eigenvalue weighted by Crippen LogP contribution is 2.10. The van der Waals surface area contributed by atoms with Gasteiger partial charge in [-0.15, -0.1) is 0 Å². The SMILES string of the molecule is CCC[C@H](O)CCN(CC(C)(C)N)C(=O)OCc1ccccc1. The summed E-state index contributed by atoms with van der Waals surface area (Å²) in [5.41, 5.74) is 6.47. The summed E-state index contributed by atoms with van der Waals surface area (Å²) in [5, 5.41) is 9.88. The number of amides is 1. The number of aliphatic hydroxyl groups excluding tert-OH is 1. The number of rotatable bonds is 9. The zero-order valence-electron chi connectivity index (χ0n) is 14.5. The summed E-state index contributed by atoms with van der Waals surface area (Å²) >= 11 is 0. The molecule has 1 aromatic carbocycles. The summed E-state index contributed by atoms with van der Waals surface area (Å²) in [4.78, 5) is 13.9. The molecule has 1 rings (SSSR count). The number of carbonyl (C=O) groups excluding carboxylic acids is 1. The van der Waals surface area contributed by atoms with Crippen molar-refractivity contribution in [1.82, 2.24) is 4.90 Å². The standard InChI is InChI=1S/C18H30N2O3/c1-4-8-16(21)11-12-20(14-18(2,3)19)17(22)23-13-15-9-6-5-7-10-15/h5-7,9-10,16,21H,4,8,11-14,19H2,1-3H3/t16-/m0/s1. The number of nitrogens with zero attached hydrogens (tertiary/aromatic N) is 1. The van der Waals surface area contributed by atoms with Gasteiger partial charge in [0.1, 0.15) is 6.61 Å². The first kappa shape index (κ1) is 19.5. The molecule has 0 unspecified atom stereocenters.